The van der Waals surface area contributed by atoms with Crippen molar-refractivity contribution in [2.24, 2.45) is 5.73 Å². The van der Waals surface area contributed by atoms with Crippen molar-refractivity contribution >= 4 is 0 Å². The molecule has 102 valence electrons. The largest absolute Gasteiger partial charge is 0.323 e. The van der Waals surface area contributed by atoms with Crippen molar-refractivity contribution < 1.29 is 13.2 Å². The van der Waals surface area contributed by atoms with Crippen molar-refractivity contribution in [2.75, 3.05) is 0 Å². The van der Waals surface area contributed by atoms with E-state index in [9.17, 15) is 13.2 Å². The highest BCUT2D eigenvalue weighted by Crippen LogP contribution is 2.19. The van der Waals surface area contributed by atoms with E-state index in [-0.39, 0.29) is 11.7 Å². The zero-order valence-corrected chi connectivity index (χ0v) is 10.3. The number of halogens is 3. The molecule has 1 unspecified atom stereocenters. The molecule has 2 rings (SSSR count). The Hall–Kier alpha value is -1.89. The molecule has 2 aromatic rings. The molecule has 0 fully saturated rings. The van der Waals surface area contributed by atoms with Crippen LogP contribution in [0.1, 0.15) is 31.5 Å². The third kappa shape index (κ3) is 2.76. The summed E-state index contributed by atoms with van der Waals surface area (Å²) in [5, 5.41) is 7.43. The van der Waals surface area contributed by atoms with Crippen LogP contribution in [0.5, 0.6) is 0 Å². The number of benzene rings is 1. The molecule has 0 bridgehead atoms. The third-order valence-electron chi connectivity index (χ3n) is 2.71. The molecule has 0 aliphatic heterocycles. The average Bonchev–Trinajstić information content (AvgIpc) is 2.83. The quantitative estimate of drug-likeness (QED) is 0.868. The number of nitrogens with two attached hydrogens (primary N) is 1. The van der Waals surface area contributed by atoms with Crippen molar-refractivity contribution in [3.8, 4) is 5.69 Å². The summed E-state index contributed by atoms with van der Waals surface area (Å²) < 4.78 is 40.7. The second kappa shape index (κ2) is 5.40. The zero-order valence-electron chi connectivity index (χ0n) is 10.3. The lowest BCUT2D eigenvalue weighted by Crippen LogP contribution is -2.10. The summed E-state index contributed by atoms with van der Waals surface area (Å²) in [6, 6.07) is 0.988. The van der Waals surface area contributed by atoms with Crippen molar-refractivity contribution in [1.29, 1.82) is 0 Å². The average molecular weight is 270 g/mol. The summed E-state index contributed by atoms with van der Waals surface area (Å²) in [4.78, 5) is 0. The monoisotopic (exact) mass is 270 g/mol. The van der Waals surface area contributed by atoms with Crippen molar-refractivity contribution in [2.45, 2.75) is 25.8 Å². The summed E-state index contributed by atoms with van der Waals surface area (Å²) in [5.41, 5.74) is 5.95. The predicted octanol–water partition coefficient (Wildman–Crippen LogP) is 2.48. The fourth-order valence-electron chi connectivity index (χ4n) is 1.73. The SMILES string of the molecule is CCCC(N)c1cn(-c2cc(F)cc(F)c2F)nn1. The zero-order chi connectivity index (χ0) is 14.0. The van der Waals surface area contributed by atoms with Gasteiger partial charge in [0.1, 0.15) is 11.5 Å². The van der Waals surface area contributed by atoms with Crippen LogP contribution in [0.25, 0.3) is 5.69 Å². The smallest absolute Gasteiger partial charge is 0.184 e. The first-order valence-corrected chi connectivity index (χ1v) is 5.85. The molecule has 1 aromatic carbocycles. The highest BCUT2D eigenvalue weighted by Gasteiger charge is 2.16. The van der Waals surface area contributed by atoms with Gasteiger partial charge in [0.25, 0.3) is 0 Å². The number of aromatic nitrogens is 3. The van der Waals surface area contributed by atoms with Gasteiger partial charge in [0.15, 0.2) is 11.6 Å². The van der Waals surface area contributed by atoms with Crippen molar-refractivity contribution in [3.63, 3.8) is 0 Å². The topological polar surface area (TPSA) is 56.7 Å². The van der Waals surface area contributed by atoms with Crippen LogP contribution < -0.4 is 5.73 Å². The minimum absolute atomic E-state index is 0.333. The molecule has 4 nitrogen and oxygen atoms in total. The van der Waals surface area contributed by atoms with Crippen LogP contribution in [0.15, 0.2) is 18.3 Å². The Morgan fingerprint density at radius 3 is 2.74 bits per heavy atom. The van der Waals surface area contributed by atoms with E-state index in [2.05, 4.69) is 10.3 Å². The first kappa shape index (κ1) is 13.5. The Morgan fingerprint density at radius 2 is 2.05 bits per heavy atom. The molecule has 0 aliphatic rings. The fraction of sp³-hybridized carbons (Fsp3) is 0.333. The van der Waals surface area contributed by atoms with E-state index in [0.717, 1.165) is 17.2 Å². The lowest BCUT2D eigenvalue weighted by atomic mass is 10.1. The normalized spacial score (nSPS) is 12.7. The highest BCUT2D eigenvalue weighted by molar-refractivity contribution is 5.34. The van der Waals surface area contributed by atoms with E-state index in [1.165, 1.54) is 6.20 Å². The number of rotatable bonds is 4. The van der Waals surface area contributed by atoms with Crippen LogP contribution in [-0.4, -0.2) is 15.0 Å². The minimum Gasteiger partial charge on any atom is -0.323 e. The predicted molar refractivity (Wildman–Crippen MR) is 63.1 cm³/mol. The van der Waals surface area contributed by atoms with E-state index in [0.29, 0.717) is 18.2 Å². The van der Waals surface area contributed by atoms with Crippen LogP contribution in [0.2, 0.25) is 0 Å². The van der Waals surface area contributed by atoms with Crippen LogP contribution in [0, 0.1) is 17.5 Å². The molecular weight excluding hydrogens is 257 g/mol. The maximum absolute atomic E-state index is 13.6. The molecule has 1 aromatic heterocycles. The van der Waals surface area contributed by atoms with E-state index in [1.807, 2.05) is 6.92 Å². The van der Waals surface area contributed by atoms with Gasteiger partial charge in [-0.15, -0.1) is 5.10 Å². The van der Waals surface area contributed by atoms with Gasteiger partial charge in [-0.25, -0.2) is 17.9 Å². The number of nitrogens with zero attached hydrogens (tertiary/aromatic N) is 3. The fourth-order valence-corrected chi connectivity index (χ4v) is 1.73. The molecule has 19 heavy (non-hydrogen) atoms. The summed E-state index contributed by atoms with van der Waals surface area (Å²) in [6.07, 6.45) is 2.92. The highest BCUT2D eigenvalue weighted by atomic mass is 19.2. The first-order chi connectivity index (χ1) is 9.02. The van der Waals surface area contributed by atoms with E-state index < -0.39 is 17.5 Å². The Bertz CT molecular complexity index is 582. The maximum atomic E-state index is 13.6. The second-order valence-corrected chi connectivity index (χ2v) is 4.20. The Kier molecular flexibility index (Phi) is 3.84. The molecule has 2 N–H and O–H groups in total. The molecule has 0 spiro atoms. The molecule has 1 heterocycles. The van der Waals surface area contributed by atoms with Gasteiger partial charge in [-0.05, 0) is 6.42 Å². The standard InChI is InChI=1S/C12H13F3N4/c1-2-3-9(16)10-6-19(18-17-10)11-5-7(13)4-8(14)12(11)15/h4-6,9H,2-3,16H2,1H3. The van der Waals surface area contributed by atoms with E-state index >= 15 is 0 Å². The minimum atomic E-state index is -1.27. The van der Waals surface area contributed by atoms with Gasteiger partial charge in [-0.1, -0.05) is 18.6 Å². The van der Waals surface area contributed by atoms with Crippen LogP contribution in [0.4, 0.5) is 13.2 Å². The third-order valence-corrected chi connectivity index (χ3v) is 2.71. The van der Waals surface area contributed by atoms with Gasteiger partial charge in [-0.3, -0.25) is 0 Å². The molecular formula is C12H13F3N4. The molecule has 0 aliphatic carbocycles. The molecule has 0 radical (unpaired) electrons. The summed E-state index contributed by atoms with van der Waals surface area (Å²) in [5.74, 6) is -3.34. The molecule has 0 amide bonds. The summed E-state index contributed by atoms with van der Waals surface area (Å²) in [6.45, 7) is 1.96. The van der Waals surface area contributed by atoms with Gasteiger partial charge < -0.3 is 5.73 Å². The van der Waals surface area contributed by atoms with Crippen LogP contribution in [0.3, 0.4) is 0 Å². The first-order valence-electron chi connectivity index (χ1n) is 5.85. The number of hydrogen-bond acceptors (Lipinski definition) is 3. The van der Waals surface area contributed by atoms with Crippen LogP contribution in [-0.2, 0) is 0 Å². The maximum Gasteiger partial charge on any atom is 0.184 e. The molecule has 7 heteroatoms. The Balaban J connectivity index is 2.38. The summed E-state index contributed by atoms with van der Waals surface area (Å²) in [7, 11) is 0. The van der Waals surface area contributed by atoms with Gasteiger partial charge in [0.2, 0.25) is 0 Å². The van der Waals surface area contributed by atoms with Gasteiger partial charge in [0, 0.05) is 12.1 Å². The molecule has 0 saturated heterocycles. The summed E-state index contributed by atoms with van der Waals surface area (Å²) >= 11 is 0. The van der Waals surface area contributed by atoms with E-state index in [1.54, 1.807) is 0 Å². The van der Waals surface area contributed by atoms with Gasteiger partial charge in [-0.2, -0.15) is 0 Å². The molecule has 1 atom stereocenters. The van der Waals surface area contributed by atoms with Crippen molar-refractivity contribution in [3.05, 3.63) is 41.5 Å². The number of hydrogen-bond donors (Lipinski definition) is 1. The van der Waals surface area contributed by atoms with E-state index in [4.69, 9.17) is 5.73 Å². The van der Waals surface area contributed by atoms with Gasteiger partial charge >= 0.3 is 0 Å². The second-order valence-electron chi connectivity index (χ2n) is 4.20. The Morgan fingerprint density at radius 1 is 1.32 bits per heavy atom. The van der Waals surface area contributed by atoms with Gasteiger partial charge in [0.05, 0.1) is 17.9 Å². The molecule has 0 saturated carbocycles. The lowest BCUT2D eigenvalue weighted by molar-refractivity contribution is 0.487. The van der Waals surface area contributed by atoms with Crippen LogP contribution >= 0.6 is 0 Å². The Labute approximate surface area is 108 Å². The van der Waals surface area contributed by atoms with Crippen molar-refractivity contribution in [1.82, 2.24) is 15.0 Å². The lowest BCUT2D eigenvalue weighted by Gasteiger charge is -2.05.